The van der Waals surface area contributed by atoms with Gasteiger partial charge in [-0.25, -0.2) is 14.4 Å². The van der Waals surface area contributed by atoms with E-state index < -0.39 is 0 Å². The number of nitrogens with zero attached hydrogens (tertiary/aromatic N) is 2. The molecule has 0 spiro atoms. The third-order valence-corrected chi connectivity index (χ3v) is 4.52. The second kappa shape index (κ2) is 5.35. The van der Waals surface area contributed by atoms with Crippen LogP contribution in [0.2, 0.25) is 5.15 Å². The van der Waals surface area contributed by atoms with Crippen molar-refractivity contribution in [1.29, 1.82) is 0 Å². The predicted octanol–water partition coefficient (Wildman–Crippen LogP) is 5.47. The zero-order chi connectivity index (χ0) is 15.1. The first-order valence-electron chi connectivity index (χ1n) is 6.36. The fourth-order valence-corrected chi connectivity index (χ4v) is 2.75. The molecule has 5 heteroatoms. The van der Waals surface area contributed by atoms with Crippen molar-refractivity contribution < 1.29 is 4.39 Å². The van der Waals surface area contributed by atoms with Crippen LogP contribution in [0.4, 0.5) is 4.39 Å². The molecule has 0 saturated carbocycles. The normalized spacial score (nSPS) is 11.1. The van der Waals surface area contributed by atoms with Crippen molar-refractivity contribution in [2.75, 3.05) is 0 Å². The largest absolute Gasteiger partial charge is 0.227 e. The van der Waals surface area contributed by atoms with E-state index in [0.29, 0.717) is 16.5 Å². The van der Waals surface area contributed by atoms with E-state index in [1.54, 1.807) is 12.1 Å². The first kappa shape index (κ1) is 14.4. The summed E-state index contributed by atoms with van der Waals surface area (Å²) in [6, 6.07) is 8.61. The summed E-state index contributed by atoms with van der Waals surface area (Å²) < 4.78 is 15.0. The van der Waals surface area contributed by atoms with Crippen molar-refractivity contribution in [2.45, 2.75) is 13.8 Å². The molecule has 0 fully saturated rings. The molecule has 0 saturated heterocycles. The van der Waals surface area contributed by atoms with Gasteiger partial charge in [0.05, 0.1) is 11.1 Å². The quantitative estimate of drug-likeness (QED) is 0.534. The Morgan fingerprint density at radius 2 is 1.86 bits per heavy atom. The standard InChI is InChI=1S/C16H11BrClFN2/c1-8-3-6-13(19)11(7-8)16-20-14-9(2)12(17)5-4-10(14)15(18)21-16/h3-7H,1-2H3. The summed E-state index contributed by atoms with van der Waals surface area (Å²) >= 11 is 9.71. The number of aryl methyl sites for hydroxylation is 2. The van der Waals surface area contributed by atoms with Crippen LogP contribution in [-0.4, -0.2) is 9.97 Å². The Balaban J connectivity index is 2.34. The first-order chi connectivity index (χ1) is 9.97. The lowest BCUT2D eigenvalue weighted by Gasteiger charge is -2.09. The van der Waals surface area contributed by atoms with E-state index in [1.165, 1.54) is 6.07 Å². The van der Waals surface area contributed by atoms with Crippen LogP contribution in [0, 0.1) is 19.7 Å². The summed E-state index contributed by atoms with van der Waals surface area (Å²) in [5.41, 5.74) is 2.97. The van der Waals surface area contributed by atoms with E-state index in [2.05, 4.69) is 25.9 Å². The van der Waals surface area contributed by atoms with Crippen molar-refractivity contribution in [3.8, 4) is 11.4 Å². The fourth-order valence-electron chi connectivity index (χ4n) is 2.20. The molecule has 2 aromatic carbocycles. The van der Waals surface area contributed by atoms with E-state index in [1.807, 2.05) is 26.0 Å². The molecule has 0 aliphatic carbocycles. The predicted molar refractivity (Wildman–Crippen MR) is 87.1 cm³/mol. The third-order valence-electron chi connectivity index (χ3n) is 3.37. The van der Waals surface area contributed by atoms with E-state index in [9.17, 15) is 4.39 Å². The molecule has 2 nitrogen and oxygen atoms in total. The summed E-state index contributed by atoms with van der Waals surface area (Å²) in [5.74, 6) is -0.0569. The lowest BCUT2D eigenvalue weighted by Crippen LogP contribution is -1.96. The second-order valence-corrected chi connectivity index (χ2v) is 6.10. The summed E-state index contributed by atoms with van der Waals surface area (Å²) in [7, 11) is 0. The smallest absolute Gasteiger partial charge is 0.164 e. The average Bonchev–Trinajstić information content (AvgIpc) is 2.45. The molecular weight excluding hydrogens is 355 g/mol. The zero-order valence-corrected chi connectivity index (χ0v) is 13.8. The van der Waals surface area contributed by atoms with Crippen LogP contribution >= 0.6 is 27.5 Å². The van der Waals surface area contributed by atoms with Crippen molar-refractivity contribution in [3.05, 3.63) is 56.9 Å². The maximum Gasteiger partial charge on any atom is 0.164 e. The Morgan fingerprint density at radius 1 is 1.10 bits per heavy atom. The molecule has 0 N–H and O–H groups in total. The van der Waals surface area contributed by atoms with Crippen LogP contribution in [0.5, 0.6) is 0 Å². The van der Waals surface area contributed by atoms with Gasteiger partial charge in [-0.15, -0.1) is 0 Å². The molecule has 3 rings (SSSR count). The molecule has 1 aromatic heterocycles. The number of halogens is 3. The van der Waals surface area contributed by atoms with Gasteiger partial charge in [-0.2, -0.15) is 0 Å². The Labute approximate surface area is 135 Å². The molecule has 3 aromatic rings. The molecule has 106 valence electrons. The number of fused-ring (bicyclic) bond motifs is 1. The molecule has 0 amide bonds. The highest BCUT2D eigenvalue weighted by Crippen LogP contribution is 2.31. The van der Waals surface area contributed by atoms with Crippen molar-refractivity contribution >= 4 is 38.4 Å². The van der Waals surface area contributed by atoms with Crippen molar-refractivity contribution in [1.82, 2.24) is 9.97 Å². The average molecular weight is 366 g/mol. The molecule has 0 aliphatic heterocycles. The van der Waals surface area contributed by atoms with Gasteiger partial charge in [0.1, 0.15) is 11.0 Å². The maximum atomic E-state index is 14.0. The molecule has 0 aliphatic rings. The summed E-state index contributed by atoms with van der Waals surface area (Å²) in [6.07, 6.45) is 0. The molecule has 1 heterocycles. The van der Waals surface area contributed by atoms with Crippen molar-refractivity contribution in [3.63, 3.8) is 0 Å². The van der Waals surface area contributed by atoms with Crippen LogP contribution in [0.1, 0.15) is 11.1 Å². The van der Waals surface area contributed by atoms with E-state index in [0.717, 1.165) is 26.5 Å². The maximum absolute atomic E-state index is 14.0. The highest BCUT2D eigenvalue weighted by Gasteiger charge is 2.14. The van der Waals surface area contributed by atoms with Gasteiger partial charge in [-0.3, -0.25) is 0 Å². The molecule has 0 atom stereocenters. The van der Waals surface area contributed by atoms with Crippen LogP contribution in [-0.2, 0) is 0 Å². The van der Waals surface area contributed by atoms with Gasteiger partial charge < -0.3 is 0 Å². The zero-order valence-electron chi connectivity index (χ0n) is 11.4. The number of hydrogen-bond acceptors (Lipinski definition) is 2. The van der Waals surface area contributed by atoms with E-state index >= 15 is 0 Å². The summed E-state index contributed by atoms with van der Waals surface area (Å²) in [4.78, 5) is 8.75. The highest BCUT2D eigenvalue weighted by molar-refractivity contribution is 9.10. The molecule has 21 heavy (non-hydrogen) atoms. The molecular formula is C16H11BrClFN2. The lowest BCUT2D eigenvalue weighted by molar-refractivity contribution is 0.629. The third kappa shape index (κ3) is 2.54. The molecule has 0 bridgehead atoms. The van der Waals surface area contributed by atoms with Crippen LogP contribution in [0.3, 0.4) is 0 Å². The molecule has 0 unspecified atom stereocenters. The summed E-state index contributed by atoms with van der Waals surface area (Å²) in [5, 5.41) is 1.08. The minimum absolute atomic E-state index is 0.301. The Morgan fingerprint density at radius 3 is 2.62 bits per heavy atom. The fraction of sp³-hybridized carbons (Fsp3) is 0.125. The van der Waals surface area contributed by atoms with Gasteiger partial charge in [-0.1, -0.05) is 39.2 Å². The monoisotopic (exact) mass is 364 g/mol. The summed E-state index contributed by atoms with van der Waals surface area (Å²) in [6.45, 7) is 3.83. The van der Waals surface area contributed by atoms with E-state index in [4.69, 9.17) is 11.6 Å². The number of hydrogen-bond donors (Lipinski definition) is 0. The second-order valence-electron chi connectivity index (χ2n) is 4.89. The van der Waals surface area contributed by atoms with Gasteiger partial charge >= 0.3 is 0 Å². The minimum Gasteiger partial charge on any atom is -0.227 e. The van der Waals surface area contributed by atoms with Gasteiger partial charge in [0.25, 0.3) is 0 Å². The van der Waals surface area contributed by atoms with Gasteiger partial charge in [0.15, 0.2) is 5.82 Å². The number of rotatable bonds is 1. The highest BCUT2D eigenvalue weighted by atomic mass is 79.9. The van der Waals surface area contributed by atoms with Gasteiger partial charge in [-0.05, 0) is 43.7 Å². The van der Waals surface area contributed by atoms with Gasteiger partial charge in [0, 0.05) is 9.86 Å². The van der Waals surface area contributed by atoms with Crippen LogP contribution in [0.15, 0.2) is 34.8 Å². The van der Waals surface area contributed by atoms with Gasteiger partial charge in [0.2, 0.25) is 0 Å². The first-order valence-corrected chi connectivity index (χ1v) is 7.53. The Kier molecular flexibility index (Phi) is 3.68. The number of benzene rings is 2. The Bertz CT molecular complexity index is 865. The SMILES string of the molecule is Cc1ccc(F)c(-c2nc(Cl)c3ccc(Br)c(C)c3n2)c1. The van der Waals surface area contributed by atoms with Crippen LogP contribution in [0.25, 0.3) is 22.3 Å². The molecule has 0 radical (unpaired) electrons. The van der Waals surface area contributed by atoms with Crippen LogP contribution < -0.4 is 0 Å². The Hall–Kier alpha value is -1.52. The van der Waals surface area contributed by atoms with E-state index in [-0.39, 0.29) is 5.82 Å². The topological polar surface area (TPSA) is 25.8 Å². The van der Waals surface area contributed by atoms with Crippen molar-refractivity contribution in [2.24, 2.45) is 0 Å². The minimum atomic E-state index is -0.358. The lowest BCUT2D eigenvalue weighted by atomic mass is 10.1. The number of aromatic nitrogens is 2.